The second-order valence-corrected chi connectivity index (χ2v) is 10.4. The van der Waals surface area contributed by atoms with Gasteiger partial charge in [-0.2, -0.15) is 0 Å². The summed E-state index contributed by atoms with van der Waals surface area (Å²) in [5, 5.41) is 6.76. The summed E-state index contributed by atoms with van der Waals surface area (Å²) >= 11 is 0. The van der Waals surface area contributed by atoms with Crippen LogP contribution in [0.1, 0.15) is 91.0 Å². The number of unbranched alkanes of at least 4 members (excludes halogenated alkanes) is 2. The zero-order chi connectivity index (χ0) is 33.0. The third-order valence-electron chi connectivity index (χ3n) is 6.33. The molecule has 3 heterocycles. The first-order chi connectivity index (χ1) is 21.3. The SMILES string of the molecule is C=CC.CCC/C=C\C(CCC)C1=NCCC=C(C=O)O1.CCC\C=C/C=C(F)\C(C)=C\C=N.CN1CCc2nc[nH]c2C1. The number of carbonyl (C=O) groups is 1. The van der Waals surface area contributed by atoms with Gasteiger partial charge in [-0.15, -0.1) is 6.58 Å². The fourth-order valence-electron chi connectivity index (χ4n) is 3.98. The minimum Gasteiger partial charge on any atom is -0.440 e. The van der Waals surface area contributed by atoms with Crippen molar-refractivity contribution in [2.24, 2.45) is 10.9 Å². The van der Waals surface area contributed by atoms with Gasteiger partial charge in [0.05, 0.1) is 23.6 Å². The van der Waals surface area contributed by atoms with Crippen molar-refractivity contribution in [3.05, 3.63) is 90.1 Å². The topological polar surface area (TPSA) is 94.4 Å². The highest BCUT2D eigenvalue weighted by atomic mass is 19.1. The van der Waals surface area contributed by atoms with Crippen LogP contribution in [-0.4, -0.2) is 53.4 Å². The van der Waals surface area contributed by atoms with Crippen molar-refractivity contribution in [3.8, 4) is 0 Å². The standard InChI is InChI=1S/C15H23NO2.C11H16FN.C7H11N3.C3H6/c1-3-5-6-9-13(8-4-2)15-16-11-7-10-14(12-17)18-15;1-3-4-5-6-7-11(12)10(2)8-9-13;1-10-3-2-6-7(4-10)9-5-8-6;1-3-2/h6,9-10,12-13H,3-5,7-8,11H2,1-2H3;5-9,13H,3-4H2,1-2H3;5H,2-4H2,1H3,(H,8,9);3H,1H2,2H3/b9-6-;6-5-,10-8+,11-7+,13-9?;;. The molecule has 244 valence electrons. The van der Waals surface area contributed by atoms with Crippen LogP contribution in [0.2, 0.25) is 0 Å². The lowest BCUT2D eigenvalue weighted by molar-refractivity contribution is -0.106. The summed E-state index contributed by atoms with van der Waals surface area (Å²) in [7, 11) is 2.13. The molecule has 2 N–H and O–H groups in total. The van der Waals surface area contributed by atoms with Crippen LogP contribution >= 0.6 is 0 Å². The van der Waals surface area contributed by atoms with Crippen LogP contribution in [-0.2, 0) is 22.5 Å². The number of aromatic nitrogens is 2. The van der Waals surface area contributed by atoms with Crippen LogP contribution < -0.4 is 0 Å². The zero-order valence-corrected chi connectivity index (χ0v) is 27.9. The molecule has 0 bridgehead atoms. The molecule has 1 aromatic heterocycles. The number of nitrogens with one attached hydrogen (secondary N) is 2. The van der Waals surface area contributed by atoms with Crippen LogP contribution in [0.5, 0.6) is 0 Å². The Hall–Kier alpha value is -3.65. The van der Waals surface area contributed by atoms with Crippen LogP contribution in [0.25, 0.3) is 0 Å². The lowest BCUT2D eigenvalue weighted by Crippen LogP contribution is -2.26. The molecule has 3 rings (SSSR count). The molecule has 1 aromatic rings. The molecule has 0 aromatic carbocycles. The predicted octanol–water partition coefficient (Wildman–Crippen LogP) is 9.04. The van der Waals surface area contributed by atoms with E-state index in [9.17, 15) is 9.18 Å². The quantitative estimate of drug-likeness (QED) is 0.107. The first-order valence-corrected chi connectivity index (χ1v) is 15.8. The number of hydrogen-bond acceptors (Lipinski definition) is 6. The first-order valence-electron chi connectivity index (χ1n) is 15.8. The van der Waals surface area contributed by atoms with Crippen LogP contribution in [0.3, 0.4) is 0 Å². The van der Waals surface area contributed by atoms with Gasteiger partial charge in [0.15, 0.2) is 17.9 Å². The van der Waals surface area contributed by atoms with Crippen molar-refractivity contribution in [2.45, 2.75) is 92.5 Å². The van der Waals surface area contributed by atoms with Crippen molar-refractivity contribution in [1.82, 2.24) is 14.9 Å². The third-order valence-corrected chi connectivity index (χ3v) is 6.33. The van der Waals surface area contributed by atoms with Gasteiger partial charge in [0, 0.05) is 32.3 Å². The molecule has 2 aliphatic heterocycles. The summed E-state index contributed by atoms with van der Waals surface area (Å²) in [5.74, 6) is 1.01. The number of fused-ring (bicyclic) bond motifs is 1. The summed E-state index contributed by atoms with van der Waals surface area (Å²) in [6.07, 6.45) is 26.2. The van der Waals surface area contributed by atoms with Gasteiger partial charge in [-0.1, -0.05) is 70.4 Å². The summed E-state index contributed by atoms with van der Waals surface area (Å²) in [6.45, 7) is 16.1. The number of hydrogen-bond donors (Lipinski definition) is 2. The highest BCUT2D eigenvalue weighted by molar-refractivity contribution is 5.86. The molecule has 0 fully saturated rings. The van der Waals surface area contributed by atoms with Crippen LogP contribution in [0, 0.1) is 11.3 Å². The molecule has 44 heavy (non-hydrogen) atoms. The van der Waals surface area contributed by atoms with Crippen LogP contribution in [0.15, 0.2) is 83.7 Å². The van der Waals surface area contributed by atoms with Gasteiger partial charge < -0.3 is 20.0 Å². The van der Waals surface area contributed by atoms with E-state index in [2.05, 4.69) is 66.4 Å². The number of imidazole rings is 1. The number of carbonyl (C=O) groups excluding carboxylic acids is 1. The number of ether oxygens (including phenoxy) is 1. The van der Waals surface area contributed by atoms with Crippen LogP contribution in [0.4, 0.5) is 4.39 Å². The molecule has 0 spiro atoms. The second-order valence-electron chi connectivity index (χ2n) is 10.4. The molecule has 0 aliphatic carbocycles. The zero-order valence-electron chi connectivity index (χ0n) is 27.9. The van der Waals surface area contributed by atoms with E-state index in [1.807, 2.05) is 19.1 Å². The molecule has 1 unspecified atom stereocenters. The molecule has 2 aliphatic rings. The molecule has 1 atom stereocenters. The minimum absolute atomic E-state index is 0.197. The summed E-state index contributed by atoms with van der Waals surface area (Å²) in [4.78, 5) is 24.9. The maximum Gasteiger partial charge on any atom is 0.197 e. The Kier molecular flexibility index (Phi) is 24.7. The Morgan fingerprint density at radius 1 is 1.20 bits per heavy atom. The number of aliphatic imine (C=N–C) groups is 1. The molecular formula is C36H56FN5O2. The third kappa shape index (κ3) is 18.8. The van der Waals surface area contributed by atoms with Crippen molar-refractivity contribution < 1.29 is 13.9 Å². The Morgan fingerprint density at radius 3 is 2.55 bits per heavy atom. The van der Waals surface area contributed by atoms with E-state index in [-0.39, 0.29) is 11.7 Å². The Morgan fingerprint density at radius 2 is 1.91 bits per heavy atom. The number of nitrogens with zero attached hydrogens (tertiary/aromatic N) is 3. The van der Waals surface area contributed by atoms with Gasteiger partial charge in [0.1, 0.15) is 5.83 Å². The summed E-state index contributed by atoms with van der Waals surface area (Å²) in [5.41, 5.74) is 3.02. The molecule has 8 heteroatoms. The van der Waals surface area contributed by atoms with E-state index >= 15 is 0 Å². The summed E-state index contributed by atoms with van der Waals surface area (Å²) < 4.78 is 18.6. The normalized spacial score (nSPS) is 15.9. The summed E-state index contributed by atoms with van der Waals surface area (Å²) in [6, 6.07) is 0. The number of halogens is 1. The average Bonchev–Trinajstić information content (AvgIpc) is 3.35. The van der Waals surface area contributed by atoms with E-state index < -0.39 is 0 Å². The van der Waals surface area contributed by atoms with E-state index in [0.29, 0.717) is 23.8 Å². The highest BCUT2D eigenvalue weighted by Gasteiger charge is 2.17. The molecule has 0 radical (unpaired) electrons. The Bertz CT molecular complexity index is 1130. The smallest absolute Gasteiger partial charge is 0.197 e. The van der Waals surface area contributed by atoms with Gasteiger partial charge in [-0.3, -0.25) is 9.79 Å². The predicted molar refractivity (Wildman–Crippen MR) is 185 cm³/mol. The van der Waals surface area contributed by atoms with Crippen molar-refractivity contribution in [1.29, 1.82) is 5.41 Å². The highest BCUT2D eigenvalue weighted by Crippen LogP contribution is 2.17. The van der Waals surface area contributed by atoms with Crippen molar-refractivity contribution in [3.63, 3.8) is 0 Å². The fraction of sp³-hybridized carbons (Fsp3) is 0.500. The second kappa shape index (κ2) is 26.9. The van der Waals surface area contributed by atoms with E-state index in [1.54, 1.807) is 25.4 Å². The fourth-order valence-corrected chi connectivity index (χ4v) is 3.98. The molecule has 0 amide bonds. The lowest BCUT2D eigenvalue weighted by Gasteiger charge is -2.20. The number of aromatic amines is 1. The number of H-pyrrole nitrogens is 1. The Labute approximate surface area is 266 Å². The minimum atomic E-state index is -0.282. The van der Waals surface area contributed by atoms with Gasteiger partial charge in [0.2, 0.25) is 0 Å². The van der Waals surface area contributed by atoms with Gasteiger partial charge in [0.25, 0.3) is 0 Å². The largest absolute Gasteiger partial charge is 0.440 e. The van der Waals surface area contributed by atoms with Crippen molar-refractivity contribution >= 4 is 18.4 Å². The maximum absolute atomic E-state index is 13.0. The van der Waals surface area contributed by atoms with E-state index in [1.165, 1.54) is 23.5 Å². The number of likely N-dealkylation sites (N-methyl/N-ethyl adjacent to an activating group) is 1. The lowest BCUT2D eigenvalue weighted by atomic mass is 10.0. The average molecular weight is 610 g/mol. The van der Waals surface area contributed by atoms with E-state index in [0.717, 1.165) is 77.0 Å². The van der Waals surface area contributed by atoms with Gasteiger partial charge in [-0.25, -0.2) is 9.37 Å². The van der Waals surface area contributed by atoms with Gasteiger partial charge in [-0.05, 0) is 70.4 Å². The number of rotatable bonds is 12. The van der Waals surface area contributed by atoms with E-state index in [4.69, 9.17) is 10.1 Å². The molecular weight excluding hydrogens is 553 g/mol. The Balaban J connectivity index is 0.000000624. The first kappa shape index (κ1) is 40.4. The van der Waals surface area contributed by atoms with Gasteiger partial charge >= 0.3 is 0 Å². The van der Waals surface area contributed by atoms with Crippen molar-refractivity contribution in [2.75, 3.05) is 20.1 Å². The molecule has 0 saturated carbocycles. The molecule has 0 saturated heterocycles. The molecule has 7 nitrogen and oxygen atoms in total. The maximum atomic E-state index is 13.0. The number of aldehydes is 1. The number of allylic oxidation sites excluding steroid dienone is 9. The monoisotopic (exact) mass is 609 g/mol.